The molecule has 0 fully saturated rings. The van der Waals surface area contributed by atoms with Crippen LogP contribution in [0.4, 0.5) is 18.9 Å². The molecule has 0 atom stereocenters. The summed E-state index contributed by atoms with van der Waals surface area (Å²) in [4.78, 5) is 1.32. The fourth-order valence-electron chi connectivity index (χ4n) is 1.72. The molecule has 0 bridgehead atoms. The Hall–Kier alpha value is -1.43. The summed E-state index contributed by atoms with van der Waals surface area (Å²) < 4.78 is 42.6. The van der Waals surface area contributed by atoms with Gasteiger partial charge in [0.2, 0.25) is 0 Å². The molecule has 1 aromatic rings. The topological polar surface area (TPSA) is 38.5 Å². The van der Waals surface area contributed by atoms with Crippen molar-refractivity contribution in [2.45, 2.75) is 32.6 Å². The number of nitrogens with zero attached hydrogens (tertiary/aromatic N) is 1. The molecule has 3 nitrogen and oxygen atoms in total. The number of ether oxygens (including phenoxy) is 1. The van der Waals surface area contributed by atoms with Crippen LogP contribution >= 0.6 is 0 Å². The molecule has 0 saturated heterocycles. The normalized spacial score (nSPS) is 12.2. The standard InChI is InChI=1S/C13H19F3N2O/c1-9(2)18(8-13(14,15)16)7-10-6-11(19-3)4-5-12(10)17/h4-6,9H,7-8,17H2,1-3H3. The lowest BCUT2D eigenvalue weighted by Gasteiger charge is -2.28. The number of alkyl halides is 3. The maximum absolute atomic E-state index is 12.5. The van der Waals surface area contributed by atoms with Crippen LogP contribution in [0.2, 0.25) is 0 Å². The average molecular weight is 276 g/mol. The van der Waals surface area contributed by atoms with E-state index in [0.29, 0.717) is 17.0 Å². The highest BCUT2D eigenvalue weighted by atomic mass is 19.4. The lowest BCUT2D eigenvalue weighted by atomic mass is 10.1. The number of hydrogen-bond donors (Lipinski definition) is 1. The van der Waals surface area contributed by atoms with Crippen molar-refractivity contribution in [1.29, 1.82) is 0 Å². The van der Waals surface area contributed by atoms with Crippen LogP contribution in [0.1, 0.15) is 19.4 Å². The van der Waals surface area contributed by atoms with Crippen molar-refractivity contribution in [2.75, 3.05) is 19.4 Å². The second-order valence-electron chi connectivity index (χ2n) is 4.68. The molecule has 0 aliphatic carbocycles. The van der Waals surface area contributed by atoms with Crippen LogP contribution in [0.5, 0.6) is 5.75 Å². The van der Waals surface area contributed by atoms with Crippen LogP contribution in [-0.4, -0.2) is 30.8 Å². The largest absolute Gasteiger partial charge is 0.497 e. The van der Waals surface area contributed by atoms with E-state index < -0.39 is 12.7 Å². The van der Waals surface area contributed by atoms with Gasteiger partial charge in [-0.25, -0.2) is 0 Å². The Labute approximate surface area is 111 Å². The SMILES string of the molecule is COc1ccc(N)c(CN(CC(F)(F)F)C(C)C)c1. The van der Waals surface area contributed by atoms with Crippen LogP contribution in [0, 0.1) is 0 Å². The third kappa shape index (κ3) is 4.98. The van der Waals surface area contributed by atoms with E-state index in [0.717, 1.165) is 0 Å². The maximum atomic E-state index is 12.5. The second-order valence-corrected chi connectivity index (χ2v) is 4.68. The number of halogens is 3. The highest BCUT2D eigenvalue weighted by Crippen LogP contribution is 2.24. The van der Waals surface area contributed by atoms with Crippen molar-refractivity contribution in [3.8, 4) is 5.75 Å². The summed E-state index contributed by atoms with van der Waals surface area (Å²) in [6, 6.07) is 4.76. The molecule has 0 amide bonds. The molecule has 108 valence electrons. The minimum absolute atomic E-state index is 0.139. The molecule has 0 aromatic heterocycles. The summed E-state index contributed by atoms with van der Waals surface area (Å²) in [6.45, 7) is 2.63. The molecule has 0 aliphatic heterocycles. The Morgan fingerprint density at radius 3 is 2.42 bits per heavy atom. The molecule has 1 aromatic carbocycles. The van der Waals surface area contributed by atoms with E-state index in [4.69, 9.17) is 10.5 Å². The smallest absolute Gasteiger partial charge is 0.401 e. The molecule has 19 heavy (non-hydrogen) atoms. The van der Waals surface area contributed by atoms with Crippen LogP contribution in [0.15, 0.2) is 18.2 Å². The van der Waals surface area contributed by atoms with Crippen molar-refractivity contribution < 1.29 is 17.9 Å². The number of benzene rings is 1. The molecule has 6 heteroatoms. The molecule has 0 heterocycles. The fraction of sp³-hybridized carbons (Fsp3) is 0.538. The van der Waals surface area contributed by atoms with E-state index >= 15 is 0 Å². The summed E-state index contributed by atoms with van der Waals surface area (Å²) in [5.74, 6) is 0.583. The number of nitrogen functional groups attached to an aromatic ring is 1. The van der Waals surface area contributed by atoms with Gasteiger partial charge in [-0.3, -0.25) is 4.90 Å². The lowest BCUT2D eigenvalue weighted by molar-refractivity contribution is -0.150. The monoisotopic (exact) mass is 276 g/mol. The van der Waals surface area contributed by atoms with Crippen LogP contribution in [0.25, 0.3) is 0 Å². The van der Waals surface area contributed by atoms with Crippen molar-refractivity contribution >= 4 is 5.69 Å². The van der Waals surface area contributed by atoms with E-state index in [-0.39, 0.29) is 12.6 Å². The molecule has 0 saturated carbocycles. The van der Waals surface area contributed by atoms with E-state index in [1.54, 1.807) is 32.0 Å². The van der Waals surface area contributed by atoms with Crippen molar-refractivity contribution in [3.05, 3.63) is 23.8 Å². The van der Waals surface area contributed by atoms with Gasteiger partial charge in [0.25, 0.3) is 0 Å². The molecule has 0 unspecified atom stereocenters. The first kappa shape index (κ1) is 15.6. The Balaban J connectivity index is 2.90. The highest BCUT2D eigenvalue weighted by Gasteiger charge is 2.31. The van der Waals surface area contributed by atoms with E-state index in [1.807, 2.05) is 0 Å². The van der Waals surface area contributed by atoms with Crippen LogP contribution in [0.3, 0.4) is 0 Å². The Morgan fingerprint density at radius 2 is 1.95 bits per heavy atom. The first-order valence-corrected chi connectivity index (χ1v) is 5.96. The van der Waals surface area contributed by atoms with E-state index in [1.165, 1.54) is 12.0 Å². The Kier molecular flexibility index (Phi) is 5.05. The predicted octanol–water partition coefficient (Wildman–Crippen LogP) is 3.05. The number of hydrogen-bond acceptors (Lipinski definition) is 3. The second kappa shape index (κ2) is 6.14. The van der Waals surface area contributed by atoms with E-state index in [2.05, 4.69) is 0 Å². The zero-order valence-electron chi connectivity index (χ0n) is 11.3. The maximum Gasteiger partial charge on any atom is 0.401 e. The summed E-state index contributed by atoms with van der Waals surface area (Å²) in [5.41, 5.74) is 6.90. The number of methoxy groups -OCH3 is 1. The molecule has 2 N–H and O–H groups in total. The number of anilines is 1. The zero-order chi connectivity index (χ0) is 14.6. The highest BCUT2D eigenvalue weighted by molar-refractivity contribution is 5.50. The van der Waals surface area contributed by atoms with Crippen molar-refractivity contribution in [1.82, 2.24) is 4.90 Å². The lowest BCUT2D eigenvalue weighted by Crippen LogP contribution is -2.38. The average Bonchev–Trinajstić information content (AvgIpc) is 2.29. The fourth-order valence-corrected chi connectivity index (χ4v) is 1.72. The van der Waals surface area contributed by atoms with E-state index in [9.17, 15) is 13.2 Å². The number of rotatable bonds is 5. The Bertz CT molecular complexity index is 419. The summed E-state index contributed by atoms with van der Waals surface area (Å²) in [6.07, 6.45) is -4.22. The van der Waals surface area contributed by atoms with Crippen LogP contribution < -0.4 is 10.5 Å². The predicted molar refractivity (Wildman–Crippen MR) is 69.0 cm³/mol. The van der Waals surface area contributed by atoms with Gasteiger partial charge in [-0.05, 0) is 37.6 Å². The van der Waals surface area contributed by atoms with Crippen molar-refractivity contribution in [2.24, 2.45) is 0 Å². The summed E-state index contributed by atoms with van der Waals surface area (Å²) in [5, 5.41) is 0. The third-order valence-corrected chi connectivity index (χ3v) is 2.84. The molecule has 1 rings (SSSR count). The van der Waals surface area contributed by atoms with Gasteiger partial charge in [0.15, 0.2) is 0 Å². The summed E-state index contributed by atoms with van der Waals surface area (Å²) >= 11 is 0. The van der Waals surface area contributed by atoms with Gasteiger partial charge >= 0.3 is 6.18 Å². The third-order valence-electron chi connectivity index (χ3n) is 2.84. The summed E-state index contributed by atoms with van der Waals surface area (Å²) in [7, 11) is 1.51. The quantitative estimate of drug-likeness (QED) is 0.840. The Morgan fingerprint density at radius 1 is 1.32 bits per heavy atom. The van der Waals surface area contributed by atoms with Gasteiger partial charge in [-0.15, -0.1) is 0 Å². The molecule has 0 spiro atoms. The van der Waals surface area contributed by atoms with Gasteiger partial charge in [0, 0.05) is 18.3 Å². The van der Waals surface area contributed by atoms with Crippen LogP contribution in [-0.2, 0) is 6.54 Å². The first-order chi connectivity index (χ1) is 8.73. The van der Waals surface area contributed by atoms with Gasteiger partial charge in [0.05, 0.1) is 13.7 Å². The van der Waals surface area contributed by atoms with Gasteiger partial charge in [-0.1, -0.05) is 0 Å². The minimum atomic E-state index is -4.22. The van der Waals surface area contributed by atoms with Gasteiger partial charge < -0.3 is 10.5 Å². The number of nitrogens with two attached hydrogens (primary N) is 1. The molecule has 0 radical (unpaired) electrons. The molecule has 0 aliphatic rings. The molecular weight excluding hydrogens is 257 g/mol. The van der Waals surface area contributed by atoms with Gasteiger partial charge in [-0.2, -0.15) is 13.2 Å². The zero-order valence-corrected chi connectivity index (χ0v) is 11.3. The molecular formula is C13H19F3N2O. The van der Waals surface area contributed by atoms with Gasteiger partial charge in [0.1, 0.15) is 5.75 Å². The minimum Gasteiger partial charge on any atom is -0.497 e. The first-order valence-electron chi connectivity index (χ1n) is 5.96. The van der Waals surface area contributed by atoms with Crippen molar-refractivity contribution in [3.63, 3.8) is 0 Å².